The Kier molecular flexibility index (Phi) is 9.60. The quantitative estimate of drug-likeness (QED) is 0.601. The molecule has 166 valence electrons. The van der Waals surface area contributed by atoms with Gasteiger partial charge in [-0.25, -0.2) is 14.0 Å². The van der Waals surface area contributed by atoms with Gasteiger partial charge in [0.1, 0.15) is 5.82 Å². The summed E-state index contributed by atoms with van der Waals surface area (Å²) in [7, 11) is 0. The van der Waals surface area contributed by atoms with Gasteiger partial charge in [-0.2, -0.15) is 0 Å². The molecule has 1 aliphatic rings. The molecule has 9 heteroatoms. The average molecular weight is 431 g/mol. The number of nitrogens with one attached hydrogen (secondary N) is 1. The number of piperazine rings is 1. The Labute approximate surface area is 179 Å². The molecule has 2 aromatic rings. The van der Waals surface area contributed by atoms with Crippen LogP contribution < -0.4 is 5.32 Å². The van der Waals surface area contributed by atoms with Crippen molar-refractivity contribution in [1.29, 1.82) is 0 Å². The minimum Gasteiger partial charge on any atom is -0.473 e. The third-order valence-electron chi connectivity index (χ3n) is 4.66. The summed E-state index contributed by atoms with van der Waals surface area (Å²) in [6, 6.07) is 16.5. The minimum absolute atomic E-state index is 0.0719. The van der Waals surface area contributed by atoms with Gasteiger partial charge in [-0.15, -0.1) is 0 Å². The zero-order valence-corrected chi connectivity index (χ0v) is 17.0. The summed E-state index contributed by atoms with van der Waals surface area (Å²) >= 11 is 0. The van der Waals surface area contributed by atoms with E-state index < -0.39 is 11.9 Å². The van der Waals surface area contributed by atoms with Gasteiger partial charge in [0, 0.05) is 51.4 Å². The molecular weight excluding hydrogens is 405 g/mol. The van der Waals surface area contributed by atoms with E-state index >= 15 is 0 Å². The molecule has 0 saturated carbocycles. The van der Waals surface area contributed by atoms with Crippen LogP contribution in [0.4, 0.5) is 10.1 Å². The van der Waals surface area contributed by atoms with Gasteiger partial charge in [-0.1, -0.05) is 36.4 Å². The molecule has 8 nitrogen and oxygen atoms in total. The summed E-state index contributed by atoms with van der Waals surface area (Å²) in [6.07, 6.45) is 0.426. The van der Waals surface area contributed by atoms with Crippen LogP contribution in [0.3, 0.4) is 0 Å². The van der Waals surface area contributed by atoms with Crippen LogP contribution in [0.5, 0.6) is 0 Å². The Morgan fingerprint density at radius 3 is 2.06 bits per heavy atom. The van der Waals surface area contributed by atoms with E-state index in [0.29, 0.717) is 12.1 Å². The predicted molar refractivity (Wildman–Crippen MR) is 113 cm³/mol. The van der Waals surface area contributed by atoms with Crippen molar-refractivity contribution in [2.75, 3.05) is 38.0 Å². The lowest BCUT2D eigenvalue weighted by Gasteiger charge is -2.34. The minimum atomic E-state index is -1.82. The molecule has 2 aromatic carbocycles. The first kappa shape index (κ1) is 24.0. The summed E-state index contributed by atoms with van der Waals surface area (Å²) in [5.74, 6) is -4.06. The van der Waals surface area contributed by atoms with E-state index in [1.807, 2.05) is 6.07 Å². The summed E-state index contributed by atoms with van der Waals surface area (Å²) in [4.78, 5) is 35.0. The molecule has 1 aliphatic heterocycles. The number of rotatable bonds is 6. The van der Waals surface area contributed by atoms with Crippen molar-refractivity contribution in [1.82, 2.24) is 9.80 Å². The van der Waals surface area contributed by atoms with Crippen molar-refractivity contribution < 1.29 is 29.0 Å². The Morgan fingerprint density at radius 2 is 1.48 bits per heavy atom. The van der Waals surface area contributed by atoms with Gasteiger partial charge in [0.25, 0.3) is 0 Å². The van der Waals surface area contributed by atoms with Crippen LogP contribution in [0.25, 0.3) is 0 Å². The number of aliphatic carboxylic acids is 2. The van der Waals surface area contributed by atoms with E-state index in [1.165, 1.54) is 17.7 Å². The molecule has 0 aliphatic carbocycles. The number of carboxylic acid groups (broad SMARTS) is 2. The fourth-order valence-corrected chi connectivity index (χ4v) is 3.06. The molecule has 1 amide bonds. The second-order valence-corrected chi connectivity index (χ2v) is 7.02. The van der Waals surface area contributed by atoms with E-state index in [-0.39, 0.29) is 11.7 Å². The largest absolute Gasteiger partial charge is 0.473 e. The van der Waals surface area contributed by atoms with Gasteiger partial charge in [0.2, 0.25) is 5.91 Å². The second kappa shape index (κ2) is 12.4. The molecule has 0 spiro atoms. The first-order valence-electron chi connectivity index (χ1n) is 9.84. The summed E-state index contributed by atoms with van der Waals surface area (Å²) in [6.45, 7) is 5.69. The maximum atomic E-state index is 13.1. The summed E-state index contributed by atoms with van der Waals surface area (Å²) < 4.78 is 13.1. The number of benzene rings is 2. The number of carbonyl (C=O) groups excluding carboxylic acids is 1. The van der Waals surface area contributed by atoms with Gasteiger partial charge < -0.3 is 20.4 Å². The van der Waals surface area contributed by atoms with Crippen molar-refractivity contribution >= 4 is 23.5 Å². The Hall–Kier alpha value is -3.30. The standard InChI is InChI=1S/C20H24FN3O.C2H2O4/c21-18-7-4-8-19(15-18)22-20(25)9-10-23-11-13-24(14-12-23)16-17-5-2-1-3-6-17;3-1(4)2(5)6/h1-8,15H,9-14,16H2,(H,22,25);(H,3,4)(H,5,6). The summed E-state index contributed by atoms with van der Waals surface area (Å²) in [5.41, 5.74) is 1.85. The molecule has 0 unspecified atom stereocenters. The maximum Gasteiger partial charge on any atom is 0.414 e. The van der Waals surface area contributed by atoms with Crippen molar-refractivity contribution in [3.63, 3.8) is 0 Å². The first-order valence-corrected chi connectivity index (χ1v) is 9.84. The fourth-order valence-electron chi connectivity index (χ4n) is 3.06. The topological polar surface area (TPSA) is 110 Å². The highest BCUT2D eigenvalue weighted by atomic mass is 19.1. The number of carboxylic acids is 2. The third-order valence-corrected chi connectivity index (χ3v) is 4.66. The predicted octanol–water partition coefficient (Wildman–Crippen LogP) is 2.13. The molecular formula is C22H26FN3O5. The van der Waals surface area contributed by atoms with Gasteiger partial charge in [0.15, 0.2) is 0 Å². The molecule has 1 heterocycles. The number of amides is 1. The zero-order chi connectivity index (χ0) is 22.6. The van der Waals surface area contributed by atoms with Crippen LogP contribution in [0.2, 0.25) is 0 Å². The molecule has 1 fully saturated rings. The van der Waals surface area contributed by atoms with Gasteiger partial charge in [-0.05, 0) is 23.8 Å². The van der Waals surface area contributed by atoms with E-state index in [4.69, 9.17) is 19.8 Å². The smallest absolute Gasteiger partial charge is 0.414 e. The molecule has 31 heavy (non-hydrogen) atoms. The van der Waals surface area contributed by atoms with Crippen LogP contribution in [-0.2, 0) is 20.9 Å². The third kappa shape index (κ3) is 9.37. The van der Waals surface area contributed by atoms with Crippen LogP contribution in [-0.4, -0.2) is 70.6 Å². The number of carbonyl (C=O) groups is 3. The highest BCUT2D eigenvalue weighted by molar-refractivity contribution is 6.27. The highest BCUT2D eigenvalue weighted by Gasteiger charge is 2.17. The van der Waals surface area contributed by atoms with Crippen molar-refractivity contribution in [2.45, 2.75) is 13.0 Å². The molecule has 1 saturated heterocycles. The molecule has 0 aromatic heterocycles. The van der Waals surface area contributed by atoms with Gasteiger partial charge >= 0.3 is 11.9 Å². The molecule has 3 N–H and O–H groups in total. The Bertz CT molecular complexity index is 858. The van der Waals surface area contributed by atoms with Crippen molar-refractivity contribution in [2.24, 2.45) is 0 Å². The molecule has 0 radical (unpaired) electrons. The maximum absolute atomic E-state index is 13.1. The van der Waals surface area contributed by atoms with E-state index in [9.17, 15) is 9.18 Å². The normalized spacial score (nSPS) is 14.2. The lowest BCUT2D eigenvalue weighted by atomic mass is 10.2. The molecule has 3 rings (SSSR count). The lowest BCUT2D eigenvalue weighted by Crippen LogP contribution is -2.46. The Morgan fingerprint density at radius 1 is 0.871 bits per heavy atom. The van der Waals surface area contributed by atoms with Crippen LogP contribution in [0, 0.1) is 5.82 Å². The SMILES string of the molecule is O=C(CCN1CCN(Cc2ccccc2)CC1)Nc1cccc(F)c1.O=C(O)C(=O)O. The second-order valence-electron chi connectivity index (χ2n) is 7.02. The van der Waals surface area contributed by atoms with Crippen LogP contribution >= 0.6 is 0 Å². The number of hydrogen-bond acceptors (Lipinski definition) is 5. The molecule has 0 bridgehead atoms. The van der Waals surface area contributed by atoms with Crippen LogP contribution in [0.15, 0.2) is 54.6 Å². The fraction of sp³-hybridized carbons (Fsp3) is 0.318. The number of halogens is 1. The van der Waals surface area contributed by atoms with E-state index in [0.717, 1.165) is 39.3 Å². The first-order chi connectivity index (χ1) is 14.8. The van der Waals surface area contributed by atoms with Crippen LogP contribution in [0.1, 0.15) is 12.0 Å². The Balaban J connectivity index is 0.000000501. The van der Waals surface area contributed by atoms with Gasteiger partial charge in [-0.3, -0.25) is 9.69 Å². The lowest BCUT2D eigenvalue weighted by molar-refractivity contribution is -0.159. The van der Waals surface area contributed by atoms with E-state index in [2.05, 4.69) is 39.4 Å². The van der Waals surface area contributed by atoms with Crippen molar-refractivity contribution in [3.05, 3.63) is 66.0 Å². The van der Waals surface area contributed by atoms with E-state index in [1.54, 1.807) is 12.1 Å². The monoisotopic (exact) mass is 431 g/mol. The zero-order valence-electron chi connectivity index (χ0n) is 17.0. The average Bonchev–Trinajstić information content (AvgIpc) is 2.74. The highest BCUT2D eigenvalue weighted by Crippen LogP contribution is 2.11. The van der Waals surface area contributed by atoms with Gasteiger partial charge in [0.05, 0.1) is 0 Å². The number of nitrogens with zero attached hydrogens (tertiary/aromatic N) is 2. The molecule has 0 atom stereocenters. The number of anilines is 1. The van der Waals surface area contributed by atoms with Crippen molar-refractivity contribution in [3.8, 4) is 0 Å². The number of hydrogen-bond donors (Lipinski definition) is 3. The summed E-state index contributed by atoms with van der Waals surface area (Å²) in [5, 5.41) is 17.5.